The minimum atomic E-state index is -0.417. The number of hydrogen-bond acceptors (Lipinski definition) is 3. The van der Waals surface area contributed by atoms with Crippen molar-refractivity contribution in [1.82, 2.24) is 4.90 Å². The summed E-state index contributed by atoms with van der Waals surface area (Å²) in [5.41, 5.74) is 0.460. The third-order valence-electron chi connectivity index (χ3n) is 2.98. The van der Waals surface area contributed by atoms with Crippen LogP contribution in [0.3, 0.4) is 0 Å². The Balaban J connectivity index is 2.24. The molecule has 2 rings (SSSR count). The molecule has 1 aromatic carbocycles. The Morgan fingerprint density at radius 3 is 2.70 bits per heavy atom. The van der Waals surface area contributed by atoms with Gasteiger partial charge in [-0.3, -0.25) is 4.79 Å². The lowest BCUT2D eigenvalue weighted by atomic mass is 10.1. The predicted molar refractivity (Wildman–Crippen MR) is 83.0 cm³/mol. The molecule has 1 amide bonds. The number of benzene rings is 1. The second-order valence-electron chi connectivity index (χ2n) is 4.77. The Morgan fingerprint density at radius 2 is 2.15 bits per heavy atom. The van der Waals surface area contributed by atoms with Crippen LogP contribution >= 0.6 is 24.0 Å². The van der Waals surface area contributed by atoms with Gasteiger partial charge in [-0.1, -0.05) is 6.07 Å². The Hall–Kier alpha value is -1.33. The Labute approximate surface area is 127 Å². The molecule has 0 saturated carbocycles. The first-order valence-electron chi connectivity index (χ1n) is 6.31. The second-order valence-corrected chi connectivity index (χ2v) is 6.29. The van der Waals surface area contributed by atoms with Crippen LogP contribution in [0.25, 0.3) is 0 Å². The zero-order valence-corrected chi connectivity index (χ0v) is 13.0. The van der Waals surface area contributed by atoms with E-state index in [2.05, 4.69) is 12.6 Å². The van der Waals surface area contributed by atoms with E-state index in [9.17, 15) is 9.18 Å². The van der Waals surface area contributed by atoms with E-state index in [1.807, 2.05) is 31.4 Å². The molecular weight excluding hydrogens is 293 g/mol. The van der Waals surface area contributed by atoms with Crippen molar-refractivity contribution in [3.05, 3.63) is 52.0 Å². The molecule has 0 saturated heterocycles. The van der Waals surface area contributed by atoms with Gasteiger partial charge in [0.2, 0.25) is 0 Å². The minimum Gasteiger partial charge on any atom is -0.331 e. The summed E-state index contributed by atoms with van der Waals surface area (Å²) < 4.78 is 13.2. The molecule has 0 bridgehead atoms. The van der Waals surface area contributed by atoms with E-state index in [4.69, 9.17) is 0 Å². The van der Waals surface area contributed by atoms with Crippen LogP contribution in [0.5, 0.6) is 0 Å². The van der Waals surface area contributed by atoms with Crippen LogP contribution in [-0.2, 0) is 6.54 Å². The first-order valence-corrected chi connectivity index (χ1v) is 7.63. The molecule has 2 aromatic rings. The van der Waals surface area contributed by atoms with Crippen LogP contribution in [0, 0.1) is 5.82 Å². The molecular formula is C15H16FNOS2. The van der Waals surface area contributed by atoms with E-state index in [0.29, 0.717) is 12.1 Å². The van der Waals surface area contributed by atoms with Crippen LogP contribution in [0.2, 0.25) is 0 Å². The highest BCUT2D eigenvalue weighted by Crippen LogP contribution is 2.19. The van der Waals surface area contributed by atoms with Crippen LogP contribution in [-0.4, -0.2) is 16.8 Å². The number of carbonyl (C=O) groups is 1. The van der Waals surface area contributed by atoms with Gasteiger partial charge >= 0.3 is 0 Å². The molecule has 0 aliphatic rings. The average molecular weight is 309 g/mol. The van der Waals surface area contributed by atoms with Crippen molar-refractivity contribution in [1.29, 1.82) is 0 Å². The second kappa shape index (κ2) is 6.41. The Bertz CT molecular complexity index is 596. The number of thiophene rings is 1. The molecule has 106 valence electrons. The normalized spacial score (nSPS) is 10.8. The standard InChI is InChI=1S/C15H16FNOS2/c1-10(2)17(9-12-4-3-7-20-12)15(18)11-5-6-13(16)14(19)8-11/h3-8,10,19H,9H2,1-2H3. The molecule has 0 aliphatic carbocycles. The zero-order chi connectivity index (χ0) is 14.7. The molecule has 20 heavy (non-hydrogen) atoms. The largest absolute Gasteiger partial charge is 0.331 e. The SMILES string of the molecule is CC(C)N(Cc1cccs1)C(=O)c1ccc(F)c(S)c1. The number of rotatable bonds is 4. The van der Waals surface area contributed by atoms with Crippen molar-refractivity contribution in [2.24, 2.45) is 0 Å². The fraction of sp³-hybridized carbons (Fsp3) is 0.267. The summed E-state index contributed by atoms with van der Waals surface area (Å²) in [5, 5.41) is 1.99. The lowest BCUT2D eigenvalue weighted by Crippen LogP contribution is -2.36. The van der Waals surface area contributed by atoms with E-state index >= 15 is 0 Å². The highest BCUT2D eigenvalue weighted by molar-refractivity contribution is 7.80. The lowest BCUT2D eigenvalue weighted by molar-refractivity contribution is 0.0692. The smallest absolute Gasteiger partial charge is 0.254 e. The van der Waals surface area contributed by atoms with Crippen LogP contribution in [0.15, 0.2) is 40.6 Å². The van der Waals surface area contributed by atoms with Gasteiger partial charge in [0.1, 0.15) is 5.82 Å². The van der Waals surface area contributed by atoms with E-state index < -0.39 is 5.82 Å². The molecule has 0 spiro atoms. The van der Waals surface area contributed by atoms with Crippen molar-refractivity contribution in [2.75, 3.05) is 0 Å². The van der Waals surface area contributed by atoms with E-state index in [1.54, 1.807) is 16.2 Å². The number of thiol groups is 1. The third-order valence-corrected chi connectivity index (χ3v) is 4.19. The third kappa shape index (κ3) is 3.41. The quantitative estimate of drug-likeness (QED) is 0.838. The van der Waals surface area contributed by atoms with Crippen LogP contribution < -0.4 is 0 Å². The maximum Gasteiger partial charge on any atom is 0.254 e. The van der Waals surface area contributed by atoms with Crippen molar-refractivity contribution in [2.45, 2.75) is 31.3 Å². The number of amides is 1. The first kappa shape index (κ1) is 15.1. The van der Waals surface area contributed by atoms with Crippen molar-refractivity contribution in [3.8, 4) is 0 Å². The average Bonchev–Trinajstić information content (AvgIpc) is 2.91. The minimum absolute atomic E-state index is 0.0676. The topological polar surface area (TPSA) is 20.3 Å². The zero-order valence-electron chi connectivity index (χ0n) is 11.3. The van der Waals surface area contributed by atoms with Crippen molar-refractivity contribution < 1.29 is 9.18 Å². The van der Waals surface area contributed by atoms with Crippen LogP contribution in [0.4, 0.5) is 4.39 Å². The van der Waals surface area contributed by atoms with E-state index in [1.165, 1.54) is 18.2 Å². The summed E-state index contributed by atoms with van der Waals surface area (Å²) in [5.74, 6) is -0.525. The number of nitrogens with zero attached hydrogens (tertiary/aromatic N) is 1. The molecule has 0 radical (unpaired) electrons. The number of carbonyl (C=O) groups excluding carboxylic acids is 1. The van der Waals surface area contributed by atoms with Gasteiger partial charge in [-0.05, 0) is 43.5 Å². The molecule has 2 nitrogen and oxygen atoms in total. The van der Waals surface area contributed by atoms with Gasteiger partial charge in [-0.15, -0.1) is 24.0 Å². The summed E-state index contributed by atoms with van der Waals surface area (Å²) >= 11 is 5.65. The molecule has 0 fully saturated rings. The Morgan fingerprint density at radius 1 is 1.40 bits per heavy atom. The highest BCUT2D eigenvalue weighted by atomic mass is 32.1. The summed E-state index contributed by atoms with van der Waals surface area (Å²) in [7, 11) is 0. The summed E-state index contributed by atoms with van der Waals surface area (Å²) in [4.78, 5) is 15.6. The van der Waals surface area contributed by atoms with Gasteiger partial charge in [0.25, 0.3) is 5.91 Å². The highest BCUT2D eigenvalue weighted by Gasteiger charge is 2.20. The fourth-order valence-electron chi connectivity index (χ4n) is 1.87. The van der Waals surface area contributed by atoms with E-state index in [-0.39, 0.29) is 16.8 Å². The monoisotopic (exact) mass is 309 g/mol. The van der Waals surface area contributed by atoms with Crippen molar-refractivity contribution >= 4 is 29.9 Å². The molecule has 0 atom stereocenters. The van der Waals surface area contributed by atoms with Gasteiger partial charge in [0, 0.05) is 21.4 Å². The van der Waals surface area contributed by atoms with Crippen LogP contribution in [0.1, 0.15) is 29.1 Å². The molecule has 0 unspecified atom stereocenters. The Kier molecular flexibility index (Phi) is 4.83. The van der Waals surface area contributed by atoms with Gasteiger partial charge in [0.05, 0.1) is 6.54 Å². The van der Waals surface area contributed by atoms with Gasteiger partial charge < -0.3 is 4.90 Å². The van der Waals surface area contributed by atoms with Gasteiger partial charge in [0.15, 0.2) is 0 Å². The number of halogens is 1. The van der Waals surface area contributed by atoms with E-state index in [0.717, 1.165) is 4.88 Å². The fourth-order valence-corrected chi connectivity index (χ4v) is 2.79. The molecule has 0 N–H and O–H groups in total. The van der Waals surface area contributed by atoms with Gasteiger partial charge in [-0.25, -0.2) is 4.39 Å². The van der Waals surface area contributed by atoms with Gasteiger partial charge in [-0.2, -0.15) is 0 Å². The van der Waals surface area contributed by atoms with Crippen molar-refractivity contribution in [3.63, 3.8) is 0 Å². The maximum absolute atomic E-state index is 13.2. The molecule has 1 aromatic heterocycles. The molecule has 0 aliphatic heterocycles. The summed E-state index contributed by atoms with van der Waals surface area (Å²) in [6.45, 7) is 4.50. The number of hydrogen-bond donors (Lipinski definition) is 1. The predicted octanol–water partition coefficient (Wildman–Crippen LogP) is 4.23. The molecule has 1 heterocycles. The summed E-state index contributed by atoms with van der Waals surface area (Å²) in [6.07, 6.45) is 0. The molecule has 5 heteroatoms. The summed E-state index contributed by atoms with van der Waals surface area (Å²) in [6, 6.07) is 8.29. The maximum atomic E-state index is 13.2. The lowest BCUT2D eigenvalue weighted by Gasteiger charge is -2.26. The first-order chi connectivity index (χ1) is 9.49.